The smallest absolute Gasteiger partial charge is 0.253 e. The van der Waals surface area contributed by atoms with Crippen LogP contribution in [0.2, 0.25) is 0 Å². The van der Waals surface area contributed by atoms with Gasteiger partial charge >= 0.3 is 0 Å². The molecule has 0 spiro atoms. The van der Waals surface area contributed by atoms with Gasteiger partial charge in [-0.1, -0.05) is 56.5 Å². The number of nitrogens with zero attached hydrogens (tertiary/aromatic N) is 1. The molecule has 1 aliphatic heterocycles. The standard InChI is InChI=1S/C26H35NO4/c1-3-4-5-9-18-30-24-13-12-22(19-25(24)29-2)26(28)27-16-14-23(15-17-27)31-20-21-10-7-6-8-11-21/h6-8,10-13,19,23H,3-5,9,14-18,20H2,1-2H3. The van der Waals surface area contributed by atoms with Gasteiger partial charge in [-0.15, -0.1) is 0 Å². The van der Waals surface area contributed by atoms with Gasteiger partial charge in [0.15, 0.2) is 11.5 Å². The number of ether oxygens (including phenoxy) is 3. The molecule has 2 aromatic rings. The van der Waals surface area contributed by atoms with E-state index in [1.54, 1.807) is 13.2 Å². The van der Waals surface area contributed by atoms with Crippen molar-refractivity contribution in [3.63, 3.8) is 0 Å². The highest BCUT2D eigenvalue weighted by Gasteiger charge is 2.25. The average Bonchev–Trinajstić information content (AvgIpc) is 2.83. The molecule has 1 saturated heterocycles. The molecule has 1 heterocycles. The average molecular weight is 426 g/mol. The van der Waals surface area contributed by atoms with Crippen LogP contribution in [0.1, 0.15) is 61.4 Å². The van der Waals surface area contributed by atoms with E-state index in [9.17, 15) is 4.79 Å². The zero-order valence-corrected chi connectivity index (χ0v) is 18.8. The minimum atomic E-state index is 0.0364. The summed E-state index contributed by atoms with van der Waals surface area (Å²) in [5, 5.41) is 0. The largest absolute Gasteiger partial charge is 0.493 e. The van der Waals surface area contributed by atoms with Gasteiger partial charge in [0, 0.05) is 18.7 Å². The number of piperidine rings is 1. The predicted octanol–water partition coefficient (Wildman–Crippen LogP) is 5.48. The first-order valence-electron chi connectivity index (χ1n) is 11.5. The highest BCUT2D eigenvalue weighted by Crippen LogP contribution is 2.29. The number of benzene rings is 2. The number of methoxy groups -OCH3 is 1. The van der Waals surface area contributed by atoms with Crippen LogP contribution in [0.5, 0.6) is 11.5 Å². The van der Waals surface area contributed by atoms with E-state index in [-0.39, 0.29) is 12.0 Å². The van der Waals surface area contributed by atoms with Gasteiger partial charge in [-0.2, -0.15) is 0 Å². The Morgan fingerprint density at radius 3 is 2.48 bits per heavy atom. The Morgan fingerprint density at radius 2 is 1.77 bits per heavy atom. The molecular formula is C26H35NO4. The van der Waals surface area contributed by atoms with Crippen LogP contribution in [0.3, 0.4) is 0 Å². The Morgan fingerprint density at radius 1 is 1.00 bits per heavy atom. The number of carbonyl (C=O) groups excluding carboxylic acids is 1. The van der Waals surface area contributed by atoms with E-state index < -0.39 is 0 Å². The van der Waals surface area contributed by atoms with Crippen molar-refractivity contribution in [3.05, 3.63) is 59.7 Å². The number of amides is 1. The lowest BCUT2D eigenvalue weighted by atomic mass is 10.1. The minimum Gasteiger partial charge on any atom is -0.493 e. The number of hydrogen-bond acceptors (Lipinski definition) is 4. The molecule has 0 radical (unpaired) electrons. The predicted molar refractivity (Wildman–Crippen MR) is 123 cm³/mol. The molecule has 0 N–H and O–H groups in total. The molecule has 2 aromatic carbocycles. The second-order valence-electron chi connectivity index (χ2n) is 8.06. The molecule has 5 heteroatoms. The fourth-order valence-electron chi connectivity index (χ4n) is 3.83. The lowest BCUT2D eigenvalue weighted by Gasteiger charge is -2.32. The van der Waals surface area contributed by atoms with Crippen molar-refractivity contribution >= 4 is 5.91 Å². The Balaban J connectivity index is 1.48. The van der Waals surface area contributed by atoms with Crippen molar-refractivity contribution in [2.45, 2.75) is 58.2 Å². The molecule has 168 valence electrons. The van der Waals surface area contributed by atoms with Gasteiger partial charge in [0.25, 0.3) is 5.91 Å². The van der Waals surface area contributed by atoms with Crippen LogP contribution >= 0.6 is 0 Å². The maximum atomic E-state index is 13.0. The summed E-state index contributed by atoms with van der Waals surface area (Å²) in [4.78, 5) is 14.9. The quantitative estimate of drug-likeness (QED) is 0.448. The van der Waals surface area contributed by atoms with E-state index in [1.807, 2.05) is 35.2 Å². The molecular weight excluding hydrogens is 390 g/mol. The molecule has 5 nitrogen and oxygen atoms in total. The van der Waals surface area contributed by atoms with Crippen molar-refractivity contribution < 1.29 is 19.0 Å². The fraction of sp³-hybridized carbons (Fsp3) is 0.500. The lowest BCUT2D eigenvalue weighted by molar-refractivity contribution is -0.000387. The van der Waals surface area contributed by atoms with Crippen molar-refractivity contribution in [2.24, 2.45) is 0 Å². The van der Waals surface area contributed by atoms with Crippen LogP contribution in [0.4, 0.5) is 0 Å². The van der Waals surface area contributed by atoms with Gasteiger partial charge in [0.05, 0.1) is 26.4 Å². The third-order valence-corrected chi connectivity index (χ3v) is 5.72. The second kappa shape index (κ2) is 12.4. The van der Waals surface area contributed by atoms with Gasteiger partial charge < -0.3 is 19.1 Å². The second-order valence-corrected chi connectivity index (χ2v) is 8.06. The van der Waals surface area contributed by atoms with Gasteiger partial charge in [-0.25, -0.2) is 0 Å². The zero-order valence-electron chi connectivity index (χ0n) is 18.8. The number of hydrogen-bond donors (Lipinski definition) is 0. The minimum absolute atomic E-state index is 0.0364. The SMILES string of the molecule is CCCCCCOc1ccc(C(=O)N2CCC(OCc3ccccc3)CC2)cc1OC. The van der Waals surface area contributed by atoms with Crippen molar-refractivity contribution in [2.75, 3.05) is 26.8 Å². The molecule has 0 atom stereocenters. The number of likely N-dealkylation sites (tertiary alicyclic amines) is 1. The molecule has 0 bridgehead atoms. The van der Waals surface area contributed by atoms with Gasteiger partial charge in [-0.3, -0.25) is 4.79 Å². The Bertz CT molecular complexity index is 800. The summed E-state index contributed by atoms with van der Waals surface area (Å²) in [6, 6.07) is 15.7. The molecule has 3 rings (SSSR count). The monoisotopic (exact) mass is 425 g/mol. The van der Waals surface area contributed by atoms with E-state index >= 15 is 0 Å². The van der Waals surface area contributed by atoms with E-state index in [1.165, 1.54) is 24.8 Å². The first-order chi connectivity index (χ1) is 15.2. The van der Waals surface area contributed by atoms with Crippen LogP contribution in [-0.2, 0) is 11.3 Å². The maximum Gasteiger partial charge on any atom is 0.253 e. The van der Waals surface area contributed by atoms with Crippen molar-refractivity contribution in [3.8, 4) is 11.5 Å². The number of carbonyl (C=O) groups is 1. The molecule has 0 unspecified atom stereocenters. The Labute approximate surface area is 186 Å². The summed E-state index contributed by atoms with van der Waals surface area (Å²) in [7, 11) is 1.61. The summed E-state index contributed by atoms with van der Waals surface area (Å²) in [5.41, 5.74) is 1.82. The summed E-state index contributed by atoms with van der Waals surface area (Å²) >= 11 is 0. The van der Waals surface area contributed by atoms with E-state index in [2.05, 4.69) is 19.1 Å². The Kier molecular flexibility index (Phi) is 9.22. The topological polar surface area (TPSA) is 48.0 Å². The van der Waals surface area contributed by atoms with Crippen molar-refractivity contribution in [1.29, 1.82) is 0 Å². The summed E-state index contributed by atoms with van der Waals surface area (Å²) in [6.07, 6.45) is 6.53. The first kappa shape index (κ1) is 23.1. The molecule has 0 aromatic heterocycles. The number of unbranched alkanes of at least 4 members (excludes halogenated alkanes) is 3. The highest BCUT2D eigenvalue weighted by molar-refractivity contribution is 5.95. The molecule has 1 aliphatic rings. The van der Waals surface area contributed by atoms with Gasteiger partial charge in [0.2, 0.25) is 0 Å². The fourth-order valence-corrected chi connectivity index (χ4v) is 3.83. The van der Waals surface area contributed by atoms with Crippen LogP contribution < -0.4 is 9.47 Å². The van der Waals surface area contributed by atoms with E-state index in [0.717, 1.165) is 19.3 Å². The molecule has 31 heavy (non-hydrogen) atoms. The molecule has 1 amide bonds. The van der Waals surface area contributed by atoms with Crippen LogP contribution in [0, 0.1) is 0 Å². The van der Waals surface area contributed by atoms with Crippen molar-refractivity contribution in [1.82, 2.24) is 4.90 Å². The lowest BCUT2D eigenvalue weighted by Crippen LogP contribution is -2.40. The highest BCUT2D eigenvalue weighted by atomic mass is 16.5. The summed E-state index contributed by atoms with van der Waals surface area (Å²) in [6.45, 7) is 4.89. The van der Waals surface area contributed by atoms with Crippen LogP contribution in [0.25, 0.3) is 0 Å². The Hall–Kier alpha value is -2.53. The zero-order chi connectivity index (χ0) is 21.9. The number of rotatable bonds is 11. The molecule has 0 saturated carbocycles. The molecule has 0 aliphatic carbocycles. The van der Waals surface area contributed by atoms with Gasteiger partial charge in [-0.05, 0) is 43.0 Å². The maximum absolute atomic E-state index is 13.0. The van der Waals surface area contributed by atoms with Crippen LogP contribution in [0.15, 0.2) is 48.5 Å². The van der Waals surface area contributed by atoms with Gasteiger partial charge in [0.1, 0.15) is 0 Å². The normalized spacial score (nSPS) is 14.5. The summed E-state index contributed by atoms with van der Waals surface area (Å²) < 4.78 is 17.4. The van der Waals surface area contributed by atoms with E-state index in [0.29, 0.717) is 43.4 Å². The summed E-state index contributed by atoms with van der Waals surface area (Å²) in [5.74, 6) is 1.35. The van der Waals surface area contributed by atoms with E-state index in [4.69, 9.17) is 14.2 Å². The first-order valence-corrected chi connectivity index (χ1v) is 11.5. The van der Waals surface area contributed by atoms with Crippen LogP contribution in [-0.4, -0.2) is 43.7 Å². The third kappa shape index (κ3) is 7.00. The molecule has 1 fully saturated rings. The third-order valence-electron chi connectivity index (χ3n) is 5.72.